The van der Waals surface area contributed by atoms with Crippen LogP contribution in [0.2, 0.25) is 0 Å². The molecule has 1 aliphatic carbocycles. The number of fused-ring (bicyclic) bond motifs is 1. The van der Waals surface area contributed by atoms with Gasteiger partial charge < -0.3 is 15.7 Å². The summed E-state index contributed by atoms with van der Waals surface area (Å²) in [6, 6.07) is 3.55. The SMILES string of the molecule is CCCC(O)C1C=C(Cl)C(c2cc3cnc(NC(=O)C4CC4)cc3cn2)=CN1. The summed E-state index contributed by atoms with van der Waals surface area (Å²) in [6.07, 6.45) is 10.2. The molecule has 4 rings (SSSR count). The molecule has 1 amide bonds. The van der Waals surface area contributed by atoms with Crippen molar-refractivity contribution in [2.45, 2.75) is 44.8 Å². The van der Waals surface area contributed by atoms with Gasteiger partial charge in [0.2, 0.25) is 5.91 Å². The number of aromatic nitrogens is 2. The van der Waals surface area contributed by atoms with Crippen LogP contribution in [0.1, 0.15) is 38.3 Å². The van der Waals surface area contributed by atoms with Crippen molar-refractivity contribution < 1.29 is 9.90 Å². The van der Waals surface area contributed by atoms with E-state index in [-0.39, 0.29) is 17.9 Å². The van der Waals surface area contributed by atoms with Gasteiger partial charge in [0.25, 0.3) is 0 Å². The predicted octanol–water partition coefficient (Wildman–Crippen LogP) is 3.57. The number of amides is 1. The van der Waals surface area contributed by atoms with E-state index in [0.29, 0.717) is 17.3 Å². The van der Waals surface area contributed by atoms with Crippen LogP contribution in [-0.4, -0.2) is 33.1 Å². The fourth-order valence-corrected chi connectivity index (χ4v) is 3.55. The summed E-state index contributed by atoms with van der Waals surface area (Å²) in [4.78, 5) is 20.8. The summed E-state index contributed by atoms with van der Waals surface area (Å²) in [6.45, 7) is 2.04. The molecule has 3 heterocycles. The Balaban J connectivity index is 1.53. The van der Waals surface area contributed by atoms with Crippen molar-refractivity contribution in [3.05, 3.63) is 47.5 Å². The molecule has 3 N–H and O–H groups in total. The molecule has 0 bridgehead atoms. The second kappa shape index (κ2) is 7.89. The highest BCUT2D eigenvalue weighted by molar-refractivity contribution is 6.37. The maximum Gasteiger partial charge on any atom is 0.228 e. The first-order valence-corrected chi connectivity index (χ1v) is 10.0. The fraction of sp³-hybridized carbons (Fsp3) is 0.381. The molecule has 2 aliphatic rings. The Morgan fingerprint density at radius 2 is 2.07 bits per heavy atom. The Kier molecular flexibility index (Phi) is 5.33. The minimum Gasteiger partial charge on any atom is -0.391 e. The van der Waals surface area contributed by atoms with Crippen LogP contribution >= 0.6 is 11.6 Å². The second-order valence-corrected chi connectivity index (χ2v) is 7.78. The van der Waals surface area contributed by atoms with E-state index in [0.717, 1.165) is 41.3 Å². The van der Waals surface area contributed by atoms with Gasteiger partial charge in [0.15, 0.2) is 0 Å². The van der Waals surface area contributed by atoms with Crippen LogP contribution in [0.4, 0.5) is 5.82 Å². The van der Waals surface area contributed by atoms with Gasteiger partial charge in [-0.25, -0.2) is 4.98 Å². The van der Waals surface area contributed by atoms with Gasteiger partial charge in [-0.1, -0.05) is 24.9 Å². The first-order chi connectivity index (χ1) is 13.5. The summed E-state index contributed by atoms with van der Waals surface area (Å²) in [5.41, 5.74) is 1.50. The molecular formula is C21H23ClN4O2. The highest BCUT2D eigenvalue weighted by Gasteiger charge is 2.29. The molecule has 1 saturated carbocycles. The lowest BCUT2D eigenvalue weighted by molar-refractivity contribution is -0.117. The Morgan fingerprint density at radius 3 is 2.79 bits per heavy atom. The Bertz CT molecular complexity index is 968. The first-order valence-electron chi connectivity index (χ1n) is 9.64. The predicted molar refractivity (Wildman–Crippen MR) is 111 cm³/mol. The van der Waals surface area contributed by atoms with E-state index in [4.69, 9.17) is 11.6 Å². The van der Waals surface area contributed by atoms with Crippen LogP contribution in [0.5, 0.6) is 0 Å². The number of anilines is 1. The molecular weight excluding hydrogens is 376 g/mol. The Hall–Kier alpha value is -2.44. The molecule has 7 heteroatoms. The quantitative estimate of drug-likeness (QED) is 0.692. The lowest BCUT2D eigenvalue weighted by Gasteiger charge is -2.25. The average molecular weight is 399 g/mol. The molecule has 2 atom stereocenters. The van der Waals surface area contributed by atoms with Crippen LogP contribution in [0.3, 0.4) is 0 Å². The molecule has 1 aliphatic heterocycles. The molecule has 0 spiro atoms. The lowest BCUT2D eigenvalue weighted by Crippen LogP contribution is -2.37. The monoisotopic (exact) mass is 398 g/mol. The number of rotatable bonds is 6. The number of hydrogen-bond acceptors (Lipinski definition) is 5. The van der Waals surface area contributed by atoms with Gasteiger partial charge in [0.1, 0.15) is 5.82 Å². The standard InChI is InChI=1S/C21H23ClN4O2/c1-2-3-19(27)18-8-16(22)15(11-24-18)17-6-13-10-25-20(7-14(13)9-23-17)26-21(28)12-4-5-12/h6-12,18-19,24,27H,2-5H2,1H3,(H,25,26,28). The minimum atomic E-state index is -0.477. The summed E-state index contributed by atoms with van der Waals surface area (Å²) in [5, 5.41) is 18.6. The van der Waals surface area contributed by atoms with E-state index >= 15 is 0 Å². The average Bonchev–Trinajstić information content (AvgIpc) is 3.53. The van der Waals surface area contributed by atoms with Crippen LogP contribution in [0.15, 0.2) is 41.8 Å². The smallest absolute Gasteiger partial charge is 0.228 e. The van der Waals surface area contributed by atoms with Crippen molar-refractivity contribution in [2.24, 2.45) is 5.92 Å². The van der Waals surface area contributed by atoms with Gasteiger partial charge in [-0.3, -0.25) is 9.78 Å². The van der Waals surface area contributed by atoms with Crippen molar-refractivity contribution in [2.75, 3.05) is 5.32 Å². The van der Waals surface area contributed by atoms with Crippen LogP contribution < -0.4 is 10.6 Å². The minimum absolute atomic E-state index is 0.0339. The van der Waals surface area contributed by atoms with Crippen LogP contribution in [-0.2, 0) is 4.79 Å². The molecule has 28 heavy (non-hydrogen) atoms. The number of allylic oxidation sites excluding steroid dienone is 2. The number of nitrogens with one attached hydrogen (secondary N) is 2. The molecule has 2 aromatic heterocycles. The number of aliphatic hydroxyl groups is 1. The second-order valence-electron chi connectivity index (χ2n) is 7.37. The number of pyridine rings is 2. The van der Waals surface area contributed by atoms with Gasteiger partial charge in [-0.15, -0.1) is 0 Å². The van der Waals surface area contributed by atoms with Crippen molar-refractivity contribution in [3.63, 3.8) is 0 Å². The van der Waals surface area contributed by atoms with Crippen LogP contribution in [0, 0.1) is 5.92 Å². The molecule has 2 unspecified atom stereocenters. The largest absolute Gasteiger partial charge is 0.391 e. The van der Waals surface area contributed by atoms with E-state index in [1.165, 1.54) is 0 Å². The Morgan fingerprint density at radius 1 is 1.32 bits per heavy atom. The van der Waals surface area contributed by atoms with Crippen molar-refractivity contribution in [3.8, 4) is 0 Å². The third-order valence-electron chi connectivity index (χ3n) is 5.08. The zero-order valence-electron chi connectivity index (χ0n) is 15.7. The zero-order valence-corrected chi connectivity index (χ0v) is 16.4. The molecule has 0 radical (unpaired) electrons. The maximum absolute atomic E-state index is 11.9. The summed E-state index contributed by atoms with van der Waals surface area (Å²) >= 11 is 6.46. The van der Waals surface area contributed by atoms with E-state index in [1.54, 1.807) is 18.6 Å². The van der Waals surface area contributed by atoms with Gasteiger partial charge >= 0.3 is 0 Å². The van der Waals surface area contributed by atoms with Crippen LogP contribution in [0.25, 0.3) is 16.3 Å². The van der Waals surface area contributed by atoms with Gasteiger partial charge in [-0.2, -0.15) is 0 Å². The number of aliphatic hydroxyl groups excluding tert-OH is 1. The summed E-state index contributed by atoms with van der Waals surface area (Å²) < 4.78 is 0. The first kappa shape index (κ1) is 18.9. The molecule has 2 aromatic rings. The van der Waals surface area contributed by atoms with Gasteiger partial charge in [0, 0.05) is 45.9 Å². The molecule has 146 valence electrons. The third kappa shape index (κ3) is 4.03. The van der Waals surface area contributed by atoms with Gasteiger partial charge in [-0.05, 0) is 37.5 Å². The van der Waals surface area contributed by atoms with Crippen molar-refractivity contribution in [1.29, 1.82) is 0 Å². The lowest BCUT2D eigenvalue weighted by atomic mass is 10.0. The maximum atomic E-state index is 11.9. The number of carbonyl (C=O) groups is 1. The molecule has 0 aromatic carbocycles. The number of hydrogen-bond donors (Lipinski definition) is 3. The highest BCUT2D eigenvalue weighted by atomic mass is 35.5. The Labute approximate surface area is 168 Å². The van der Waals surface area contributed by atoms with E-state index in [1.807, 2.05) is 25.1 Å². The topological polar surface area (TPSA) is 87.1 Å². The van der Waals surface area contributed by atoms with Gasteiger partial charge in [0.05, 0.1) is 17.8 Å². The summed E-state index contributed by atoms with van der Waals surface area (Å²) in [7, 11) is 0. The van der Waals surface area contributed by atoms with Crippen molar-refractivity contribution in [1.82, 2.24) is 15.3 Å². The number of nitrogens with zero attached hydrogens (tertiary/aromatic N) is 2. The normalized spacial score (nSPS) is 20.2. The molecule has 6 nitrogen and oxygen atoms in total. The molecule has 1 fully saturated rings. The number of dihydropyridines is 1. The molecule has 0 saturated heterocycles. The highest BCUT2D eigenvalue weighted by Crippen LogP contribution is 2.31. The van der Waals surface area contributed by atoms with Crippen molar-refractivity contribution >= 4 is 39.7 Å². The van der Waals surface area contributed by atoms with E-state index in [9.17, 15) is 9.90 Å². The third-order valence-corrected chi connectivity index (χ3v) is 5.41. The van der Waals surface area contributed by atoms with E-state index in [2.05, 4.69) is 20.6 Å². The fourth-order valence-electron chi connectivity index (χ4n) is 3.26. The summed E-state index contributed by atoms with van der Waals surface area (Å²) in [5.74, 6) is 0.715. The van der Waals surface area contributed by atoms with E-state index < -0.39 is 6.10 Å². The number of carbonyl (C=O) groups excluding carboxylic acids is 1. The number of halogens is 1. The zero-order chi connectivity index (χ0) is 19.7.